The molecule has 1 aromatic heterocycles. The van der Waals surface area contributed by atoms with Gasteiger partial charge in [-0.2, -0.15) is 5.10 Å². The van der Waals surface area contributed by atoms with Gasteiger partial charge in [0.25, 0.3) is 0 Å². The molecule has 6 heteroatoms. The molecule has 0 aliphatic carbocycles. The van der Waals surface area contributed by atoms with Crippen molar-refractivity contribution < 1.29 is 4.79 Å². The van der Waals surface area contributed by atoms with Gasteiger partial charge in [0.15, 0.2) is 0 Å². The summed E-state index contributed by atoms with van der Waals surface area (Å²) >= 11 is 6.13. The van der Waals surface area contributed by atoms with Crippen LogP contribution in [0.5, 0.6) is 0 Å². The number of rotatable bonds is 3. The van der Waals surface area contributed by atoms with Crippen LogP contribution in [0.3, 0.4) is 0 Å². The number of amides is 1. The zero-order valence-corrected chi connectivity index (χ0v) is 16.6. The lowest BCUT2D eigenvalue weighted by Crippen LogP contribution is -2.49. The minimum Gasteiger partial charge on any atom is -0.336 e. The molecule has 3 saturated heterocycles. The highest BCUT2D eigenvalue weighted by Gasteiger charge is 2.65. The molecule has 1 amide bonds. The Morgan fingerprint density at radius 2 is 2.22 bits per heavy atom. The third kappa shape index (κ3) is 2.41. The Hall–Kier alpha value is -1.85. The average Bonchev–Trinajstić information content (AvgIpc) is 3.34. The normalized spacial score (nSPS) is 30.2. The van der Waals surface area contributed by atoms with Gasteiger partial charge in [0.2, 0.25) is 5.91 Å². The van der Waals surface area contributed by atoms with Gasteiger partial charge in [0.05, 0.1) is 6.20 Å². The number of nitrogens with zero attached hydrogens (tertiary/aromatic N) is 4. The first kappa shape index (κ1) is 17.3. The summed E-state index contributed by atoms with van der Waals surface area (Å²) in [6.45, 7) is 4.64. The van der Waals surface area contributed by atoms with Gasteiger partial charge in [-0.05, 0) is 50.4 Å². The van der Waals surface area contributed by atoms with Crippen LogP contribution < -0.4 is 0 Å². The fourth-order valence-electron chi connectivity index (χ4n) is 5.71. The van der Waals surface area contributed by atoms with Crippen LogP contribution in [-0.2, 0) is 18.4 Å². The zero-order valence-electron chi connectivity index (χ0n) is 15.9. The molecular formula is C21H25ClN4O. The summed E-state index contributed by atoms with van der Waals surface area (Å²) in [7, 11) is 1.99. The van der Waals surface area contributed by atoms with Crippen molar-refractivity contribution in [1.82, 2.24) is 19.6 Å². The molecule has 0 saturated carbocycles. The maximum absolute atomic E-state index is 13.6. The van der Waals surface area contributed by atoms with Gasteiger partial charge < -0.3 is 4.90 Å². The standard InChI is InChI=1S/C21H25ClN4O/c1-14-18(11-23-24(14)2)19-10-16-13-25(12-15-5-3-6-17(22)9-15)20(27)21(16)7-4-8-26(19)21/h3,5-6,9,11,16,19H,4,7-8,10,12-13H2,1-2H3/t16-,19-,21-/m0/s1. The van der Waals surface area contributed by atoms with Crippen molar-refractivity contribution in [2.24, 2.45) is 13.0 Å². The van der Waals surface area contributed by atoms with E-state index < -0.39 is 0 Å². The molecule has 3 atom stereocenters. The Kier molecular flexibility index (Phi) is 3.89. The first-order chi connectivity index (χ1) is 13.0. The summed E-state index contributed by atoms with van der Waals surface area (Å²) < 4.78 is 1.94. The molecule has 1 aromatic carbocycles. The summed E-state index contributed by atoms with van der Waals surface area (Å²) in [5.74, 6) is 0.713. The van der Waals surface area contributed by atoms with E-state index >= 15 is 0 Å². The number of hydrogen-bond acceptors (Lipinski definition) is 3. The highest BCUT2D eigenvalue weighted by atomic mass is 35.5. The quantitative estimate of drug-likeness (QED) is 0.815. The van der Waals surface area contributed by atoms with E-state index in [1.165, 1.54) is 11.3 Å². The third-order valence-corrected chi connectivity index (χ3v) is 7.26. The summed E-state index contributed by atoms with van der Waals surface area (Å²) in [6, 6.07) is 8.18. The van der Waals surface area contributed by atoms with Crippen molar-refractivity contribution in [3.8, 4) is 0 Å². The van der Waals surface area contributed by atoms with E-state index in [0.717, 1.165) is 42.9 Å². The minimum absolute atomic E-state index is 0.300. The number of aromatic nitrogens is 2. The monoisotopic (exact) mass is 384 g/mol. The first-order valence-electron chi connectivity index (χ1n) is 9.80. The molecule has 1 spiro atoms. The summed E-state index contributed by atoms with van der Waals surface area (Å²) in [5, 5.41) is 5.18. The van der Waals surface area contributed by atoms with Gasteiger partial charge in [0.1, 0.15) is 5.54 Å². The maximum atomic E-state index is 13.6. The molecule has 3 aliphatic heterocycles. The fourth-order valence-corrected chi connectivity index (χ4v) is 5.92. The lowest BCUT2D eigenvalue weighted by Gasteiger charge is -2.33. The summed E-state index contributed by atoms with van der Waals surface area (Å²) in [4.78, 5) is 18.1. The van der Waals surface area contributed by atoms with Crippen LogP contribution in [0.2, 0.25) is 5.02 Å². The smallest absolute Gasteiger partial charge is 0.243 e. The van der Waals surface area contributed by atoms with Gasteiger partial charge in [0, 0.05) is 48.4 Å². The molecule has 4 heterocycles. The van der Waals surface area contributed by atoms with Crippen molar-refractivity contribution in [3.63, 3.8) is 0 Å². The largest absolute Gasteiger partial charge is 0.336 e. The van der Waals surface area contributed by atoms with Crippen LogP contribution in [0.1, 0.15) is 42.1 Å². The molecule has 3 aliphatic rings. The number of carbonyl (C=O) groups excluding carboxylic acids is 1. The second-order valence-corrected chi connectivity index (χ2v) is 8.73. The number of likely N-dealkylation sites (tertiary alicyclic amines) is 1. The van der Waals surface area contributed by atoms with Crippen molar-refractivity contribution in [3.05, 3.63) is 52.3 Å². The van der Waals surface area contributed by atoms with E-state index in [0.29, 0.717) is 24.4 Å². The van der Waals surface area contributed by atoms with Gasteiger partial charge in [-0.3, -0.25) is 14.4 Å². The predicted molar refractivity (Wildman–Crippen MR) is 104 cm³/mol. The Morgan fingerprint density at radius 1 is 1.37 bits per heavy atom. The first-order valence-corrected chi connectivity index (χ1v) is 10.2. The summed E-state index contributed by atoms with van der Waals surface area (Å²) in [6.07, 6.45) is 5.13. The number of carbonyl (C=O) groups is 1. The highest BCUT2D eigenvalue weighted by Crippen LogP contribution is 2.56. The molecule has 2 aromatic rings. The maximum Gasteiger partial charge on any atom is 0.243 e. The van der Waals surface area contributed by atoms with Crippen LogP contribution >= 0.6 is 11.6 Å². The van der Waals surface area contributed by atoms with E-state index in [4.69, 9.17) is 11.6 Å². The van der Waals surface area contributed by atoms with Crippen LogP contribution in [0, 0.1) is 12.8 Å². The van der Waals surface area contributed by atoms with Gasteiger partial charge in [-0.15, -0.1) is 0 Å². The van der Waals surface area contributed by atoms with Crippen LogP contribution in [0.25, 0.3) is 0 Å². The lowest BCUT2D eigenvalue weighted by molar-refractivity contribution is -0.137. The Morgan fingerprint density at radius 3 is 2.96 bits per heavy atom. The van der Waals surface area contributed by atoms with Crippen LogP contribution in [0.4, 0.5) is 0 Å². The predicted octanol–water partition coefficient (Wildman–Crippen LogP) is 3.32. The summed E-state index contributed by atoms with van der Waals surface area (Å²) in [5.41, 5.74) is 3.31. The van der Waals surface area contributed by atoms with Crippen molar-refractivity contribution in [1.29, 1.82) is 0 Å². The molecule has 142 valence electrons. The van der Waals surface area contributed by atoms with E-state index in [2.05, 4.69) is 27.9 Å². The minimum atomic E-state index is -0.300. The van der Waals surface area contributed by atoms with E-state index in [-0.39, 0.29) is 5.54 Å². The Labute approximate surface area is 164 Å². The zero-order chi connectivity index (χ0) is 18.8. The second kappa shape index (κ2) is 6.08. The van der Waals surface area contributed by atoms with Crippen molar-refractivity contribution >= 4 is 17.5 Å². The van der Waals surface area contributed by atoms with Crippen LogP contribution in [-0.4, -0.2) is 44.1 Å². The number of benzene rings is 1. The SMILES string of the molecule is Cc1c([C@@H]2C[C@H]3CN(Cc4cccc(Cl)c4)C(=O)[C@]34CCCN24)cnn1C. The van der Waals surface area contributed by atoms with Crippen molar-refractivity contribution in [2.45, 2.75) is 44.3 Å². The van der Waals surface area contributed by atoms with E-state index in [1.54, 1.807) is 0 Å². The van der Waals surface area contributed by atoms with Crippen LogP contribution in [0.15, 0.2) is 30.5 Å². The second-order valence-electron chi connectivity index (χ2n) is 8.29. The molecule has 5 nitrogen and oxygen atoms in total. The Balaban J connectivity index is 1.44. The molecule has 5 rings (SSSR count). The molecule has 0 radical (unpaired) electrons. The van der Waals surface area contributed by atoms with Gasteiger partial charge in [-0.1, -0.05) is 23.7 Å². The highest BCUT2D eigenvalue weighted by molar-refractivity contribution is 6.30. The molecule has 0 N–H and O–H groups in total. The fraction of sp³-hybridized carbons (Fsp3) is 0.524. The number of aryl methyl sites for hydroxylation is 1. The topological polar surface area (TPSA) is 41.4 Å². The molecule has 0 unspecified atom stereocenters. The molecule has 0 bridgehead atoms. The molecule has 27 heavy (non-hydrogen) atoms. The lowest BCUT2D eigenvalue weighted by atomic mass is 9.85. The Bertz CT molecular complexity index is 909. The third-order valence-electron chi connectivity index (χ3n) is 7.02. The number of hydrogen-bond donors (Lipinski definition) is 0. The van der Waals surface area contributed by atoms with E-state index in [1.807, 2.05) is 36.1 Å². The van der Waals surface area contributed by atoms with E-state index in [9.17, 15) is 4.79 Å². The van der Waals surface area contributed by atoms with Crippen molar-refractivity contribution in [2.75, 3.05) is 13.1 Å². The average molecular weight is 385 g/mol. The number of halogens is 1. The molecular weight excluding hydrogens is 360 g/mol. The van der Waals surface area contributed by atoms with Gasteiger partial charge in [-0.25, -0.2) is 0 Å². The molecule has 3 fully saturated rings. The van der Waals surface area contributed by atoms with Gasteiger partial charge >= 0.3 is 0 Å².